The number of rotatable bonds is 2. The number of hydrogen-bond donors (Lipinski definition) is 0. The van der Waals surface area contributed by atoms with Crippen LogP contribution < -0.4 is 21.3 Å². The average Bonchev–Trinajstić information content (AvgIpc) is 2.88. The minimum atomic E-state index is -1.24. The Morgan fingerprint density at radius 1 is 0.781 bits per heavy atom. The van der Waals surface area contributed by atoms with E-state index in [1.807, 2.05) is 0 Å². The van der Waals surface area contributed by atoms with Crippen LogP contribution in [0, 0.1) is 53.7 Å². The van der Waals surface area contributed by atoms with Crippen molar-refractivity contribution in [3.8, 4) is 18.2 Å². The van der Waals surface area contributed by atoms with E-state index in [1.54, 1.807) is 0 Å². The van der Waals surface area contributed by atoms with Gasteiger partial charge in [-0.05, 0) is 35.3 Å². The predicted octanol–water partition coefficient (Wildman–Crippen LogP) is 1.93. The van der Waals surface area contributed by atoms with Crippen molar-refractivity contribution in [1.29, 1.82) is 15.8 Å². The maximum atomic E-state index is 13.1. The zero-order valence-corrected chi connectivity index (χ0v) is 15.5. The summed E-state index contributed by atoms with van der Waals surface area (Å²) in [5.74, 6) is 0. The van der Waals surface area contributed by atoms with E-state index >= 15 is 0 Å². The fraction of sp³-hybridized carbons (Fsp3) is 0. The lowest BCUT2D eigenvalue weighted by atomic mass is 9.96. The number of hydrogen-bond acceptors (Lipinski definition) is 5. The Morgan fingerprint density at radius 2 is 1.28 bits per heavy atom. The lowest BCUT2D eigenvalue weighted by Gasteiger charge is -2.05. The summed E-state index contributed by atoms with van der Waals surface area (Å²) in [5.41, 5.74) is -8.34. The molecule has 0 saturated carbocycles. The molecule has 3 aromatic carbocycles. The van der Waals surface area contributed by atoms with Gasteiger partial charge in [0.05, 0.1) is 53.3 Å². The highest BCUT2D eigenvalue weighted by Crippen LogP contribution is 2.23. The third-order valence-electron chi connectivity index (χ3n) is 4.03. The molecule has 0 atom stereocenters. The molecule has 144 valence electrons. The van der Waals surface area contributed by atoms with Gasteiger partial charge in [-0.15, -0.1) is 0 Å². The second-order valence-corrected chi connectivity index (χ2v) is 5.75. The van der Waals surface area contributed by atoms with E-state index in [0.29, 0.717) is 0 Å². The molecular weight excluding hydrogens is 404 g/mol. The van der Waals surface area contributed by atoms with E-state index in [2.05, 4.69) is 14.5 Å². The van der Waals surface area contributed by atoms with Crippen LogP contribution in [-0.4, -0.2) is 0 Å². The molecule has 0 heterocycles. The minimum Gasteiger partial charge on any atom is -0.290 e. The normalized spacial score (nSPS) is 11.9. The van der Waals surface area contributed by atoms with Crippen molar-refractivity contribution in [2.24, 2.45) is 0 Å². The molecule has 0 saturated heterocycles. The summed E-state index contributed by atoms with van der Waals surface area (Å²) in [7, 11) is 0. The van der Waals surface area contributed by atoms with Crippen molar-refractivity contribution >= 4 is 22.6 Å². The standard InChI is InChI=1S/C24H6N6O2/c1-28-17-6-13(10-25)4-15(8-17)19(12-27)20-23(31)21(24(20)32)22(30-3)16-5-14(11-26)7-18(9-16)29-2/h4-9H/i4D,5D,6D,7D,8D,9D. The molecule has 0 radical (unpaired) electrons. The van der Waals surface area contributed by atoms with Gasteiger partial charge < -0.3 is 0 Å². The van der Waals surface area contributed by atoms with Gasteiger partial charge in [-0.3, -0.25) is 9.59 Å². The second kappa shape index (κ2) is 8.29. The summed E-state index contributed by atoms with van der Waals surface area (Å²) in [6.07, 6.45) is 0. The monoisotopic (exact) mass is 416 g/mol. The molecule has 0 N–H and O–H groups in total. The smallest absolute Gasteiger partial charge is 0.207 e. The van der Waals surface area contributed by atoms with Crippen LogP contribution in [-0.2, 0) is 0 Å². The molecule has 0 amide bonds. The molecule has 3 aromatic rings. The van der Waals surface area contributed by atoms with Crippen molar-refractivity contribution < 1.29 is 8.22 Å². The number of nitrogens with zero attached hydrogens (tertiary/aromatic N) is 6. The van der Waals surface area contributed by atoms with Crippen LogP contribution in [0.4, 0.5) is 11.4 Å². The second-order valence-electron chi connectivity index (χ2n) is 5.75. The van der Waals surface area contributed by atoms with Crippen molar-refractivity contribution in [1.82, 2.24) is 0 Å². The molecule has 0 unspecified atom stereocenters. The summed E-state index contributed by atoms with van der Waals surface area (Å²) >= 11 is 0. The van der Waals surface area contributed by atoms with Gasteiger partial charge in [0, 0.05) is 13.9 Å². The number of nitriles is 3. The first kappa shape index (κ1) is 14.2. The third kappa shape index (κ3) is 3.37. The largest absolute Gasteiger partial charge is 0.290 e. The highest BCUT2D eigenvalue weighted by molar-refractivity contribution is 5.81. The van der Waals surface area contributed by atoms with E-state index in [-0.39, 0.29) is 0 Å². The molecule has 32 heavy (non-hydrogen) atoms. The van der Waals surface area contributed by atoms with Crippen LogP contribution in [0.2, 0.25) is 0 Å². The van der Waals surface area contributed by atoms with Crippen molar-refractivity contribution in [3.05, 3.63) is 124 Å². The molecule has 0 aliphatic carbocycles. The van der Waals surface area contributed by atoms with E-state index in [1.165, 1.54) is 18.2 Å². The predicted molar refractivity (Wildman–Crippen MR) is 113 cm³/mol. The highest BCUT2D eigenvalue weighted by atomic mass is 16.1. The fourth-order valence-corrected chi connectivity index (χ4v) is 2.69. The number of benzene rings is 2. The van der Waals surface area contributed by atoms with Gasteiger partial charge in [0.1, 0.15) is 6.07 Å². The maximum absolute atomic E-state index is 13.1. The van der Waals surface area contributed by atoms with Crippen LogP contribution in [0.5, 0.6) is 0 Å². The van der Waals surface area contributed by atoms with Gasteiger partial charge in [-0.25, -0.2) is 14.5 Å². The molecule has 3 rings (SSSR count). The lowest BCUT2D eigenvalue weighted by molar-refractivity contribution is 1.24. The highest BCUT2D eigenvalue weighted by Gasteiger charge is 2.20. The molecular formula is C24H6N6O2. The van der Waals surface area contributed by atoms with Gasteiger partial charge in [-0.1, -0.05) is 12.1 Å². The summed E-state index contributed by atoms with van der Waals surface area (Å²) in [5, 5.41) is 26.6. The average molecular weight is 416 g/mol. The molecule has 8 nitrogen and oxygen atoms in total. The Hall–Kier alpha value is -5.80. The van der Waals surface area contributed by atoms with Gasteiger partial charge in [0.25, 0.3) is 0 Å². The van der Waals surface area contributed by atoms with Crippen molar-refractivity contribution in [2.45, 2.75) is 0 Å². The van der Waals surface area contributed by atoms with Gasteiger partial charge in [-0.2, -0.15) is 15.8 Å². The van der Waals surface area contributed by atoms with Crippen LogP contribution in [0.25, 0.3) is 25.8 Å². The van der Waals surface area contributed by atoms with Gasteiger partial charge in [0.15, 0.2) is 22.2 Å². The zero-order chi connectivity index (χ0) is 28.6. The Bertz CT molecular complexity index is 1840. The SMILES string of the molecule is [2H]c1c(C#N)c([2H])c(C(C#N)=c2c(=O)c(=C([N+]#[C-])c3c([2H])c(C#N)c([2H])c([N+]#[C-])c3[2H])c2=O)c([2H])c1[N+]#[C-]. The Labute approximate surface area is 189 Å². The van der Waals surface area contributed by atoms with Gasteiger partial charge >= 0.3 is 0 Å². The van der Waals surface area contributed by atoms with E-state index in [9.17, 15) is 25.4 Å². The Kier molecular flexibility index (Phi) is 3.68. The first-order valence-electron chi connectivity index (χ1n) is 11.2. The molecule has 0 aliphatic rings. The summed E-state index contributed by atoms with van der Waals surface area (Å²) in [6.45, 7) is 21.9. The Balaban J connectivity index is 2.63. The van der Waals surface area contributed by atoms with E-state index in [0.717, 1.165) is 0 Å². The first-order chi connectivity index (χ1) is 18.0. The quantitative estimate of drug-likeness (QED) is 0.592. The molecule has 0 bridgehead atoms. The molecule has 0 fully saturated rings. The van der Waals surface area contributed by atoms with Crippen LogP contribution >= 0.6 is 0 Å². The minimum absolute atomic E-state index is 0.666. The van der Waals surface area contributed by atoms with E-state index < -0.39 is 102 Å². The van der Waals surface area contributed by atoms with Crippen molar-refractivity contribution in [2.75, 3.05) is 0 Å². The van der Waals surface area contributed by atoms with Crippen LogP contribution in [0.15, 0.2) is 45.8 Å². The lowest BCUT2D eigenvalue weighted by Crippen LogP contribution is -2.66. The molecule has 0 spiro atoms. The third-order valence-corrected chi connectivity index (χ3v) is 4.03. The molecule has 8 heteroatoms. The summed E-state index contributed by atoms with van der Waals surface area (Å²) in [6, 6.07) is -0.263. The molecule has 0 aromatic heterocycles. The fourth-order valence-electron chi connectivity index (χ4n) is 2.69. The van der Waals surface area contributed by atoms with Crippen molar-refractivity contribution in [3.63, 3.8) is 0 Å². The summed E-state index contributed by atoms with van der Waals surface area (Å²) in [4.78, 5) is 35.2. The Morgan fingerprint density at radius 3 is 1.72 bits per heavy atom. The molecule has 0 aliphatic heterocycles. The first-order valence-corrected chi connectivity index (χ1v) is 8.17. The topological polar surface area (TPSA) is 119 Å². The van der Waals surface area contributed by atoms with Crippen LogP contribution in [0.1, 0.15) is 30.5 Å². The van der Waals surface area contributed by atoms with E-state index in [4.69, 9.17) is 27.9 Å². The van der Waals surface area contributed by atoms with Crippen LogP contribution in [0.3, 0.4) is 0 Å². The van der Waals surface area contributed by atoms with Gasteiger partial charge in [0.2, 0.25) is 5.70 Å². The zero-order valence-electron chi connectivity index (χ0n) is 21.5. The maximum Gasteiger partial charge on any atom is 0.207 e. The summed E-state index contributed by atoms with van der Waals surface area (Å²) < 4.78 is 48.4.